The lowest BCUT2D eigenvalue weighted by molar-refractivity contribution is 0.699. The van der Waals surface area contributed by atoms with Crippen molar-refractivity contribution in [2.24, 2.45) is 11.7 Å². The monoisotopic (exact) mass is 117 g/mol. The van der Waals surface area contributed by atoms with Crippen LogP contribution in [0.3, 0.4) is 0 Å². The summed E-state index contributed by atoms with van der Waals surface area (Å²) in [7, 11) is 0. The van der Waals surface area contributed by atoms with E-state index in [0.29, 0.717) is 5.92 Å². The maximum Gasteiger partial charge on any atom is 0.0538 e. The summed E-state index contributed by atoms with van der Waals surface area (Å²) in [5.74, 6) is 0.309. The lowest BCUT2D eigenvalue weighted by atomic mass is 10.2. The highest BCUT2D eigenvalue weighted by molar-refractivity contribution is 7.80. The normalized spacial score (nSPS) is 18.1. The lowest BCUT2D eigenvalue weighted by Crippen LogP contribution is -2.19. The SMILES string of the molecule is C=CC(C)C(N)S. The molecule has 42 valence electrons. The molecule has 0 spiro atoms. The maximum atomic E-state index is 5.34. The van der Waals surface area contributed by atoms with Crippen LogP contribution in [-0.4, -0.2) is 5.37 Å². The van der Waals surface area contributed by atoms with Crippen LogP contribution in [0.15, 0.2) is 12.7 Å². The Morgan fingerprint density at radius 3 is 2.29 bits per heavy atom. The van der Waals surface area contributed by atoms with Gasteiger partial charge in [-0.2, -0.15) is 12.6 Å². The first kappa shape index (κ1) is 7.05. The molecule has 0 rings (SSSR count). The van der Waals surface area contributed by atoms with Gasteiger partial charge in [0.1, 0.15) is 0 Å². The molecule has 1 nitrogen and oxygen atoms in total. The van der Waals surface area contributed by atoms with Crippen molar-refractivity contribution in [2.45, 2.75) is 12.3 Å². The molecule has 0 aromatic rings. The molecule has 0 radical (unpaired) electrons. The summed E-state index contributed by atoms with van der Waals surface area (Å²) in [6.07, 6.45) is 1.79. The molecular formula is C5H11NS. The maximum absolute atomic E-state index is 5.34. The first-order chi connectivity index (χ1) is 3.18. The van der Waals surface area contributed by atoms with Crippen LogP contribution in [0.5, 0.6) is 0 Å². The van der Waals surface area contributed by atoms with E-state index in [0.717, 1.165) is 0 Å². The van der Waals surface area contributed by atoms with Crippen LogP contribution < -0.4 is 5.73 Å². The second-order valence-corrected chi connectivity index (χ2v) is 2.18. The third-order valence-electron chi connectivity index (χ3n) is 0.910. The van der Waals surface area contributed by atoms with E-state index in [4.69, 9.17) is 5.73 Å². The van der Waals surface area contributed by atoms with Crippen LogP contribution in [0.1, 0.15) is 6.92 Å². The van der Waals surface area contributed by atoms with Gasteiger partial charge in [0.25, 0.3) is 0 Å². The molecule has 0 aliphatic rings. The number of thiol groups is 1. The largest absolute Gasteiger partial charge is 0.319 e. The molecule has 2 unspecified atom stereocenters. The molecule has 0 saturated carbocycles. The van der Waals surface area contributed by atoms with Gasteiger partial charge in [-0.15, -0.1) is 6.58 Å². The van der Waals surface area contributed by atoms with Crippen molar-refractivity contribution >= 4 is 12.6 Å². The van der Waals surface area contributed by atoms with Crippen molar-refractivity contribution < 1.29 is 0 Å². The van der Waals surface area contributed by atoms with Gasteiger partial charge in [0.2, 0.25) is 0 Å². The van der Waals surface area contributed by atoms with Crippen molar-refractivity contribution in [3.05, 3.63) is 12.7 Å². The summed E-state index contributed by atoms with van der Waals surface area (Å²) in [5.41, 5.74) is 5.34. The van der Waals surface area contributed by atoms with Crippen LogP contribution >= 0.6 is 12.6 Å². The Morgan fingerprint density at radius 2 is 2.29 bits per heavy atom. The Bertz CT molecular complexity index is 61.1. The first-order valence-electron chi connectivity index (χ1n) is 2.24. The van der Waals surface area contributed by atoms with Gasteiger partial charge in [-0.3, -0.25) is 0 Å². The van der Waals surface area contributed by atoms with E-state index >= 15 is 0 Å². The van der Waals surface area contributed by atoms with Crippen molar-refractivity contribution in [2.75, 3.05) is 0 Å². The highest BCUT2D eigenvalue weighted by atomic mass is 32.1. The van der Waals surface area contributed by atoms with Crippen molar-refractivity contribution in [3.8, 4) is 0 Å². The van der Waals surface area contributed by atoms with Gasteiger partial charge in [0, 0.05) is 0 Å². The van der Waals surface area contributed by atoms with E-state index in [9.17, 15) is 0 Å². The topological polar surface area (TPSA) is 26.0 Å². The van der Waals surface area contributed by atoms with Gasteiger partial charge in [-0.05, 0) is 5.92 Å². The molecule has 0 aromatic carbocycles. The van der Waals surface area contributed by atoms with Crippen molar-refractivity contribution in [3.63, 3.8) is 0 Å². The minimum absolute atomic E-state index is 0.0579. The Balaban J connectivity index is 3.33. The third kappa shape index (κ3) is 2.71. The van der Waals surface area contributed by atoms with E-state index in [1.807, 2.05) is 6.92 Å². The second-order valence-electron chi connectivity index (χ2n) is 1.59. The highest BCUT2D eigenvalue weighted by Gasteiger charge is 1.99. The number of nitrogens with two attached hydrogens (primary N) is 1. The van der Waals surface area contributed by atoms with Crippen LogP contribution in [0, 0.1) is 5.92 Å². The van der Waals surface area contributed by atoms with Crippen LogP contribution in [0.2, 0.25) is 0 Å². The average Bonchev–Trinajstić information content (AvgIpc) is 1.65. The fraction of sp³-hybridized carbons (Fsp3) is 0.600. The predicted octanol–water partition coefficient (Wildman–Crippen LogP) is 1.02. The molecule has 0 bridgehead atoms. The summed E-state index contributed by atoms with van der Waals surface area (Å²) in [4.78, 5) is 0. The highest BCUT2D eigenvalue weighted by Crippen LogP contribution is 2.02. The number of rotatable bonds is 2. The molecule has 0 fully saturated rings. The zero-order valence-electron chi connectivity index (χ0n) is 4.46. The molecule has 2 atom stereocenters. The lowest BCUT2D eigenvalue weighted by Gasteiger charge is -2.06. The fourth-order valence-corrected chi connectivity index (χ4v) is 0.261. The minimum Gasteiger partial charge on any atom is -0.319 e. The molecular weight excluding hydrogens is 106 g/mol. The van der Waals surface area contributed by atoms with E-state index in [2.05, 4.69) is 19.2 Å². The molecule has 2 N–H and O–H groups in total. The van der Waals surface area contributed by atoms with Gasteiger partial charge >= 0.3 is 0 Å². The molecule has 0 aromatic heterocycles. The van der Waals surface area contributed by atoms with Crippen LogP contribution in [0.25, 0.3) is 0 Å². The molecule has 7 heavy (non-hydrogen) atoms. The molecule has 2 heteroatoms. The van der Waals surface area contributed by atoms with Gasteiger partial charge in [0.05, 0.1) is 5.37 Å². The summed E-state index contributed by atoms with van der Waals surface area (Å²) in [6.45, 7) is 5.53. The van der Waals surface area contributed by atoms with Gasteiger partial charge in [-0.25, -0.2) is 0 Å². The summed E-state index contributed by atoms with van der Waals surface area (Å²) in [6, 6.07) is 0. The summed E-state index contributed by atoms with van der Waals surface area (Å²) < 4.78 is 0. The first-order valence-corrected chi connectivity index (χ1v) is 2.76. The molecule has 0 aliphatic heterocycles. The summed E-state index contributed by atoms with van der Waals surface area (Å²) >= 11 is 3.98. The molecule has 0 amide bonds. The number of hydrogen-bond donors (Lipinski definition) is 2. The standard InChI is InChI=1S/C5H11NS/c1-3-4(2)5(6)7/h3-5,7H,1,6H2,2H3. The van der Waals surface area contributed by atoms with Crippen LogP contribution in [-0.2, 0) is 0 Å². The van der Waals surface area contributed by atoms with Crippen molar-refractivity contribution in [1.82, 2.24) is 0 Å². The Labute approximate surface area is 50.0 Å². The quantitative estimate of drug-likeness (QED) is 0.315. The van der Waals surface area contributed by atoms with Crippen LogP contribution in [0.4, 0.5) is 0 Å². The fourth-order valence-electron chi connectivity index (χ4n) is 0.139. The Morgan fingerprint density at radius 1 is 1.86 bits per heavy atom. The Kier molecular flexibility index (Phi) is 3.13. The zero-order chi connectivity index (χ0) is 5.86. The summed E-state index contributed by atoms with van der Waals surface area (Å²) in [5, 5.41) is -0.0579. The average molecular weight is 117 g/mol. The minimum atomic E-state index is -0.0579. The van der Waals surface area contributed by atoms with E-state index in [1.165, 1.54) is 0 Å². The molecule has 0 aliphatic carbocycles. The second kappa shape index (κ2) is 3.10. The Hall–Kier alpha value is 0.0500. The predicted molar refractivity (Wildman–Crippen MR) is 36.3 cm³/mol. The van der Waals surface area contributed by atoms with Gasteiger partial charge in [-0.1, -0.05) is 13.0 Å². The van der Waals surface area contributed by atoms with Gasteiger partial charge < -0.3 is 5.73 Å². The molecule has 0 heterocycles. The number of hydrogen-bond acceptors (Lipinski definition) is 2. The zero-order valence-corrected chi connectivity index (χ0v) is 5.36. The van der Waals surface area contributed by atoms with E-state index in [-0.39, 0.29) is 5.37 Å². The van der Waals surface area contributed by atoms with E-state index in [1.54, 1.807) is 6.08 Å². The smallest absolute Gasteiger partial charge is 0.0538 e. The van der Waals surface area contributed by atoms with Gasteiger partial charge in [0.15, 0.2) is 0 Å². The molecule has 0 saturated heterocycles. The van der Waals surface area contributed by atoms with E-state index < -0.39 is 0 Å². The van der Waals surface area contributed by atoms with Crippen molar-refractivity contribution in [1.29, 1.82) is 0 Å². The third-order valence-corrected chi connectivity index (χ3v) is 1.38.